The van der Waals surface area contributed by atoms with Gasteiger partial charge < -0.3 is 9.30 Å². The minimum atomic E-state index is -0.206. The first-order chi connectivity index (χ1) is 20.6. The number of imidazole rings is 1. The molecule has 0 fully saturated rings. The average Bonchev–Trinajstić information content (AvgIpc) is 3.57. The molecule has 0 saturated carbocycles. The second kappa shape index (κ2) is 12.4. The standard InChI is InChI=1S/C38H36N4O.Pt/c1-25-21-26(2)33(27(3)22-25)34-35(28-13-9-8-10-14-28)42(40-36(34)38(4,5)6)30-16-12-18-32(24-30)43-31-17-11-15-29(23-31)37-39-19-20-41(37)7;/h8-22H,1-7H3;/q-2;+2. The summed E-state index contributed by atoms with van der Waals surface area (Å²) in [5.41, 5.74) is 10.8. The summed E-state index contributed by atoms with van der Waals surface area (Å²) in [6.45, 7) is 13.2. The number of aryl methyl sites for hydroxylation is 4. The van der Waals surface area contributed by atoms with Gasteiger partial charge >= 0.3 is 21.1 Å². The molecule has 0 aliphatic carbocycles. The summed E-state index contributed by atoms with van der Waals surface area (Å²) in [6.07, 6.45) is 3.70. The van der Waals surface area contributed by atoms with E-state index in [1.54, 1.807) is 6.20 Å². The molecule has 4 aromatic carbocycles. The maximum atomic E-state index is 6.32. The topological polar surface area (TPSA) is 44.9 Å². The first kappa shape index (κ1) is 31.2. The van der Waals surface area contributed by atoms with Gasteiger partial charge in [0.2, 0.25) is 0 Å². The van der Waals surface area contributed by atoms with Crippen molar-refractivity contribution in [2.75, 3.05) is 0 Å². The third kappa shape index (κ3) is 6.07. The maximum absolute atomic E-state index is 6.32. The average molecular weight is 760 g/mol. The van der Waals surface area contributed by atoms with Crippen molar-refractivity contribution in [3.63, 3.8) is 0 Å². The Morgan fingerprint density at radius 3 is 2.07 bits per heavy atom. The fourth-order valence-corrected chi connectivity index (χ4v) is 5.79. The summed E-state index contributed by atoms with van der Waals surface area (Å²) >= 11 is 0. The van der Waals surface area contributed by atoms with E-state index in [1.165, 1.54) is 22.3 Å². The van der Waals surface area contributed by atoms with Crippen LogP contribution in [0, 0.1) is 32.9 Å². The van der Waals surface area contributed by atoms with Gasteiger partial charge in [0.05, 0.1) is 17.2 Å². The second-order valence-electron chi connectivity index (χ2n) is 12.2. The summed E-state index contributed by atoms with van der Waals surface area (Å²) in [6, 6.07) is 33.7. The molecule has 6 heteroatoms. The summed E-state index contributed by atoms with van der Waals surface area (Å²) in [4.78, 5) is 4.46. The third-order valence-corrected chi connectivity index (χ3v) is 7.60. The molecule has 44 heavy (non-hydrogen) atoms. The van der Waals surface area contributed by atoms with Crippen LogP contribution in [0.2, 0.25) is 0 Å². The fraction of sp³-hybridized carbons (Fsp3) is 0.211. The smallest absolute Gasteiger partial charge is 0.503 e. The van der Waals surface area contributed by atoms with Crippen LogP contribution in [-0.4, -0.2) is 19.3 Å². The molecule has 0 amide bonds. The number of ether oxygens (including phenoxy) is 1. The van der Waals surface area contributed by atoms with Crippen molar-refractivity contribution in [3.05, 3.63) is 126 Å². The van der Waals surface area contributed by atoms with Crippen LogP contribution in [0.5, 0.6) is 11.5 Å². The molecule has 0 N–H and O–H groups in total. The predicted octanol–water partition coefficient (Wildman–Crippen LogP) is 9.22. The number of hydrogen-bond donors (Lipinski definition) is 0. The first-order valence-electron chi connectivity index (χ1n) is 14.6. The van der Waals surface area contributed by atoms with Gasteiger partial charge in [-0.05, 0) is 43.1 Å². The Bertz CT molecular complexity index is 1910. The summed E-state index contributed by atoms with van der Waals surface area (Å²) < 4.78 is 10.3. The zero-order valence-electron chi connectivity index (χ0n) is 26.2. The van der Waals surface area contributed by atoms with Crippen molar-refractivity contribution in [1.82, 2.24) is 19.3 Å². The van der Waals surface area contributed by atoms with Crippen molar-refractivity contribution < 1.29 is 25.8 Å². The van der Waals surface area contributed by atoms with Gasteiger partial charge in [0.25, 0.3) is 0 Å². The molecule has 2 heterocycles. The van der Waals surface area contributed by atoms with E-state index < -0.39 is 0 Å². The minimum Gasteiger partial charge on any atom is -0.503 e. The maximum Gasteiger partial charge on any atom is 2.00 e. The number of hydrogen-bond acceptors (Lipinski definition) is 3. The Labute approximate surface area is 274 Å². The van der Waals surface area contributed by atoms with Crippen LogP contribution in [0.4, 0.5) is 0 Å². The zero-order chi connectivity index (χ0) is 30.3. The van der Waals surface area contributed by atoms with Crippen LogP contribution in [0.25, 0.3) is 39.5 Å². The van der Waals surface area contributed by atoms with Crippen LogP contribution >= 0.6 is 0 Å². The molecule has 6 rings (SSSR count). The van der Waals surface area contributed by atoms with Crippen molar-refractivity contribution >= 4 is 0 Å². The van der Waals surface area contributed by atoms with E-state index in [0.717, 1.165) is 39.6 Å². The van der Waals surface area contributed by atoms with Crippen LogP contribution < -0.4 is 4.74 Å². The number of benzene rings is 4. The van der Waals surface area contributed by atoms with Gasteiger partial charge in [0.15, 0.2) is 0 Å². The van der Waals surface area contributed by atoms with E-state index in [1.807, 2.05) is 65.0 Å². The SMILES string of the molecule is Cc1cc(C)c(-c2c(C(C)(C)C)nn(-c3[c-]c(Oc4[c-]c(-c5nccn5C)ccc4)ccc3)c2-c2ccccc2)c(C)c1.[Pt+2]. The van der Waals surface area contributed by atoms with Gasteiger partial charge in [-0.1, -0.05) is 74.9 Å². The molecule has 224 valence electrons. The van der Waals surface area contributed by atoms with Gasteiger partial charge in [-0.2, -0.15) is 11.2 Å². The van der Waals surface area contributed by atoms with E-state index in [0.29, 0.717) is 11.5 Å². The predicted molar refractivity (Wildman–Crippen MR) is 174 cm³/mol. The van der Waals surface area contributed by atoms with Crippen molar-refractivity contribution in [2.45, 2.75) is 47.0 Å². The Morgan fingerprint density at radius 1 is 0.773 bits per heavy atom. The van der Waals surface area contributed by atoms with E-state index in [9.17, 15) is 0 Å². The third-order valence-electron chi connectivity index (χ3n) is 7.60. The molecule has 0 aliphatic rings. The van der Waals surface area contributed by atoms with E-state index in [-0.39, 0.29) is 26.5 Å². The molecular weight excluding hydrogens is 724 g/mol. The van der Waals surface area contributed by atoms with Crippen LogP contribution in [0.15, 0.2) is 91.3 Å². The molecule has 0 atom stereocenters. The normalized spacial score (nSPS) is 11.3. The van der Waals surface area contributed by atoms with Crippen LogP contribution in [0.3, 0.4) is 0 Å². The Morgan fingerprint density at radius 2 is 1.43 bits per heavy atom. The van der Waals surface area contributed by atoms with Crippen molar-refractivity contribution in [3.8, 4) is 51.0 Å². The molecule has 0 radical (unpaired) electrons. The van der Waals surface area contributed by atoms with Crippen molar-refractivity contribution in [2.24, 2.45) is 7.05 Å². The molecular formula is C38H36N4OPt. The van der Waals surface area contributed by atoms with Gasteiger partial charge in [-0.15, -0.1) is 42.0 Å². The Balaban J connectivity index is 0.00000384. The van der Waals surface area contributed by atoms with E-state index in [2.05, 4.69) is 95.1 Å². The molecule has 0 spiro atoms. The van der Waals surface area contributed by atoms with Crippen molar-refractivity contribution in [1.29, 1.82) is 0 Å². The summed E-state index contributed by atoms with van der Waals surface area (Å²) in [7, 11) is 1.97. The molecule has 5 nitrogen and oxygen atoms in total. The molecule has 2 aromatic heterocycles. The monoisotopic (exact) mass is 759 g/mol. The largest absolute Gasteiger partial charge is 2.00 e. The van der Waals surface area contributed by atoms with E-state index in [4.69, 9.17) is 9.84 Å². The molecule has 6 aromatic rings. The molecule has 0 bridgehead atoms. The van der Waals surface area contributed by atoms with Gasteiger partial charge in [-0.3, -0.25) is 9.67 Å². The van der Waals surface area contributed by atoms with Gasteiger partial charge in [0.1, 0.15) is 0 Å². The minimum absolute atomic E-state index is 0. The Hall–Kier alpha value is -4.21. The van der Waals surface area contributed by atoms with Crippen LogP contribution in [0.1, 0.15) is 43.2 Å². The Kier molecular flexibility index (Phi) is 8.81. The molecule has 0 unspecified atom stereocenters. The number of nitrogens with zero attached hydrogens (tertiary/aromatic N) is 4. The fourth-order valence-electron chi connectivity index (χ4n) is 5.79. The van der Waals surface area contributed by atoms with Gasteiger partial charge in [0, 0.05) is 47.5 Å². The summed E-state index contributed by atoms with van der Waals surface area (Å²) in [5.74, 6) is 2.01. The van der Waals surface area contributed by atoms with E-state index >= 15 is 0 Å². The quantitative estimate of drug-likeness (QED) is 0.159. The number of aromatic nitrogens is 4. The van der Waals surface area contributed by atoms with Gasteiger partial charge in [-0.25, -0.2) is 0 Å². The first-order valence-corrected chi connectivity index (χ1v) is 14.6. The zero-order valence-corrected chi connectivity index (χ0v) is 28.4. The molecule has 0 saturated heterocycles. The molecule has 0 aliphatic heterocycles. The number of rotatable bonds is 6. The second-order valence-corrected chi connectivity index (χ2v) is 12.2. The van der Waals surface area contributed by atoms with Crippen LogP contribution in [-0.2, 0) is 33.5 Å². The summed E-state index contributed by atoms with van der Waals surface area (Å²) in [5, 5.41) is 5.33.